The number of aliphatic carboxylic acids is 1. The molecular weight excluding hydrogens is 456 g/mol. The zero-order valence-corrected chi connectivity index (χ0v) is 24.3. The average Bonchev–Trinajstić information content (AvgIpc) is 2.80. The highest BCUT2D eigenvalue weighted by molar-refractivity contribution is 5.89. The molecule has 0 aromatic heterocycles. The molecular formula is C28H50N4O4. The molecule has 0 aliphatic rings. The predicted octanol–water partition coefficient (Wildman–Crippen LogP) is 4.49. The van der Waals surface area contributed by atoms with E-state index < -0.39 is 17.4 Å². The van der Waals surface area contributed by atoms with Crippen molar-refractivity contribution in [3.8, 4) is 0 Å². The van der Waals surface area contributed by atoms with Gasteiger partial charge in [-0.3, -0.25) is 9.59 Å². The van der Waals surface area contributed by atoms with E-state index in [1.54, 1.807) is 14.1 Å². The highest BCUT2D eigenvalue weighted by Gasteiger charge is 2.34. The summed E-state index contributed by atoms with van der Waals surface area (Å²) in [4.78, 5) is 36.4. The van der Waals surface area contributed by atoms with Gasteiger partial charge in [0, 0.05) is 31.9 Å². The molecule has 0 heterocycles. The highest BCUT2D eigenvalue weighted by atomic mass is 16.4. The van der Waals surface area contributed by atoms with Crippen LogP contribution in [0.4, 0.5) is 5.69 Å². The number of carbonyl (C=O) groups excluding carboxylic acids is 2. The lowest BCUT2D eigenvalue weighted by Gasteiger charge is -2.33. The van der Waals surface area contributed by atoms with Crippen molar-refractivity contribution >= 4 is 23.5 Å². The quantitative estimate of drug-likeness (QED) is 0.367. The van der Waals surface area contributed by atoms with Crippen LogP contribution in [0, 0.1) is 5.41 Å². The van der Waals surface area contributed by atoms with Crippen molar-refractivity contribution in [1.82, 2.24) is 15.5 Å². The molecule has 1 unspecified atom stereocenters. The molecule has 1 rings (SSSR count). The van der Waals surface area contributed by atoms with Crippen molar-refractivity contribution in [1.29, 1.82) is 0 Å². The Morgan fingerprint density at radius 2 is 1.67 bits per heavy atom. The molecule has 0 spiro atoms. The Bertz CT molecular complexity index is 829. The molecule has 0 bridgehead atoms. The van der Waals surface area contributed by atoms with Crippen LogP contribution in [0.1, 0.15) is 73.3 Å². The van der Waals surface area contributed by atoms with Gasteiger partial charge in [-0.05, 0) is 43.0 Å². The number of carboxylic acid groups (broad SMARTS) is 1. The zero-order chi connectivity index (χ0) is 28.5. The normalized spacial score (nSPS) is 11.8. The van der Waals surface area contributed by atoms with E-state index in [0.29, 0.717) is 5.92 Å². The van der Waals surface area contributed by atoms with E-state index in [2.05, 4.69) is 67.9 Å². The SMILES string of the molecule is CCC.CNCC(=O)NC(C(=O)N(C)C/C=C(\C)C(=O)O)C(C)(C)C.CNc1cccc(C(C)C)c1. The minimum atomic E-state index is -1.02. The second-order valence-corrected chi connectivity index (χ2v) is 10.0. The van der Waals surface area contributed by atoms with Crippen molar-refractivity contribution < 1.29 is 19.5 Å². The van der Waals surface area contributed by atoms with E-state index in [4.69, 9.17) is 5.11 Å². The van der Waals surface area contributed by atoms with Gasteiger partial charge in [0.15, 0.2) is 0 Å². The summed E-state index contributed by atoms with van der Waals surface area (Å²) in [6.07, 6.45) is 2.72. The van der Waals surface area contributed by atoms with Gasteiger partial charge in [0.25, 0.3) is 0 Å². The second kappa shape index (κ2) is 18.4. The van der Waals surface area contributed by atoms with Gasteiger partial charge in [0.05, 0.1) is 6.54 Å². The molecule has 36 heavy (non-hydrogen) atoms. The number of hydrogen-bond acceptors (Lipinski definition) is 5. The summed E-state index contributed by atoms with van der Waals surface area (Å²) in [5, 5.41) is 17.4. The van der Waals surface area contributed by atoms with Gasteiger partial charge < -0.3 is 26.0 Å². The number of rotatable bonds is 9. The number of hydrogen-bond donors (Lipinski definition) is 4. The number of benzene rings is 1. The molecule has 0 saturated carbocycles. The fourth-order valence-electron chi connectivity index (χ4n) is 2.75. The van der Waals surface area contributed by atoms with E-state index in [0.717, 1.165) is 0 Å². The third kappa shape index (κ3) is 15.2. The van der Waals surface area contributed by atoms with E-state index in [1.807, 2.05) is 27.8 Å². The van der Waals surface area contributed by atoms with Gasteiger partial charge in [-0.25, -0.2) is 4.79 Å². The van der Waals surface area contributed by atoms with Crippen LogP contribution in [0.5, 0.6) is 0 Å². The van der Waals surface area contributed by atoms with Crippen molar-refractivity contribution in [2.75, 3.05) is 39.5 Å². The van der Waals surface area contributed by atoms with E-state index >= 15 is 0 Å². The van der Waals surface area contributed by atoms with Gasteiger partial charge in [-0.15, -0.1) is 0 Å². The van der Waals surface area contributed by atoms with Gasteiger partial charge in [0.1, 0.15) is 6.04 Å². The molecule has 0 fully saturated rings. The second-order valence-electron chi connectivity index (χ2n) is 10.0. The van der Waals surface area contributed by atoms with Crippen LogP contribution < -0.4 is 16.0 Å². The Balaban J connectivity index is 0. The monoisotopic (exact) mass is 506 g/mol. The maximum absolute atomic E-state index is 12.5. The summed E-state index contributed by atoms with van der Waals surface area (Å²) in [6, 6.07) is 7.82. The lowest BCUT2D eigenvalue weighted by atomic mass is 9.85. The largest absolute Gasteiger partial charge is 0.478 e. The van der Waals surface area contributed by atoms with Gasteiger partial charge in [-0.1, -0.05) is 73.1 Å². The molecule has 4 N–H and O–H groups in total. The van der Waals surface area contributed by atoms with Crippen LogP contribution in [0.3, 0.4) is 0 Å². The molecule has 206 valence electrons. The highest BCUT2D eigenvalue weighted by Crippen LogP contribution is 2.21. The predicted molar refractivity (Wildman–Crippen MR) is 150 cm³/mol. The van der Waals surface area contributed by atoms with Crippen LogP contribution >= 0.6 is 0 Å². The van der Waals surface area contributed by atoms with Gasteiger partial charge in [0.2, 0.25) is 11.8 Å². The van der Waals surface area contributed by atoms with Crippen LogP contribution in [-0.2, 0) is 14.4 Å². The van der Waals surface area contributed by atoms with Gasteiger partial charge in [-0.2, -0.15) is 0 Å². The number of carbonyl (C=O) groups is 3. The number of carboxylic acids is 1. The summed E-state index contributed by atoms with van der Waals surface area (Å²) < 4.78 is 0. The minimum absolute atomic E-state index is 0.127. The zero-order valence-electron chi connectivity index (χ0n) is 24.3. The summed E-state index contributed by atoms with van der Waals surface area (Å²) in [5.41, 5.74) is 2.29. The first-order valence-corrected chi connectivity index (χ1v) is 12.5. The number of anilines is 1. The van der Waals surface area contributed by atoms with E-state index in [9.17, 15) is 14.4 Å². The van der Waals surface area contributed by atoms with Gasteiger partial charge >= 0.3 is 5.97 Å². The van der Waals surface area contributed by atoms with Crippen LogP contribution in [0.15, 0.2) is 35.9 Å². The van der Waals surface area contributed by atoms with E-state index in [1.165, 1.54) is 35.6 Å². The first kappa shape index (κ1) is 35.3. The fourth-order valence-corrected chi connectivity index (χ4v) is 2.75. The third-order valence-electron chi connectivity index (χ3n) is 4.98. The Kier molecular flexibility index (Phi) is 18.0. The first-order chi connectivity index (χ1) is 16.7. The standard InChI is InChI=1S/C15H27N3O4.C10H15N.C3H8/c1-10(14(21)22)7-8-18(6)13(20)12(15(2,3)4)17-11(19)9-16-5;1-8(2)9-5-4-6-10(7-9)11-3;1-3-2/h7,12,16H,8-9H2,1-6H3,(H,17,19)(H,21,22);4-8,11H,1-3H3;3H2,1-2H3/b10-7+;;. The maximum Gasteiger partial charge on any atom is 0.331 e. The van der Waals surface area contributed by atoms with Crippen LogP contribution in [0.2, 0.25) is 0 Å². The lowest BCUT2D eigenvalue weighted by Crippen LogP contribution is -2.55. The minimum Gasteiger partial charge on any atom is -0.478 e. The molecule has 1 aromatic rings. The molecule has 0 aliphatic heterocycles. The summed E-state index contributed by atoms with van der Waals surface area (Å²) in [5.74, 6) is -0.924. The number of likely N-dealkylation sites (N-methyl/N-ethyl adjacent to an activating group) is 2. The summed E-state index contributed by atoms with van der Waals surface area (Å²) in [6.45, 7) is 16.0. The van der Waals surface area contributed by atoms with Crippen LogP contribution in [0.25, 0.3) is 0 Å². The van der Waals surface area contributed by atoms with Crippen molar-refractivity contribution in [2.45, 2.75) is 73.8 Å². The molecule has 0 radical (unpaired) electrons. The Morgan fingerprint density at radius 3 is 2.08 bits per heavy atom. The number of amides is 2. The summed E-state index contributed by atoms with van der Waals surface area (Å²) >= 11 is 0. The first-order valence-electron chi connectivity index (χ1n) is 12.5. The smallest absolute Gasteiger partial charge is 0.331 e. The fraction of sp³-hybridized carbons (Fsp3) is 0.607. The third-order valence-corrected chi connectivity index (χ3v) is 4.98. The Labute approximate surface area is 218 Å². The molecule has 0 saturated heterocycles. The number of nitrogens with one attached hydrogen (secondary N) is 3. The molecule has 2 amide bonds. The molecule has 8 heteroatoms. The Morgan fingerprint density at radius 1 is 1.11 bits per heavy atom. The average molecular weight is 507 g/mol. The number of nitrogens with zero attached hydrogens (tertiary/aromatic N) is 1. The molecule has 8 nitrogen and oxygen atoms in total. The topological polar surface area (TPSA) is 111 Å². The summed E-state index contributed by atoms with van der Waals surface area (Å²) in [7, 11) is 5.18. The Hall–Kier alpha value is -2.87. The van der Waals surface area contributed by atoms with Crippen LogP contribution in [-0.4, -0.2) is 68.1 Å². The molecule has 1 aromatic carbocycles. The lowest BCUT2D eigenvalue weighted by molar-refractivity contribution is -0.137. The van der Waals surface area contributed by atoms with Crippen molar-refractivity contribution in [2.24, 2.45) is 5.41 Å². The van der Waals surface area contributed by atoms with Crippen molar-refractivity contribution in [3.63, 3.8) is 0 Å². The molecule has 0 aliphatic carbocycles. The molecule has 1 atom stereocenters. The van der Waals surface area contributed by atoms with E-state index in [-0.39, 0.29) is 30.5 Å². The van der Waals surface area contributed by atoms with Crippen molar-refractivity contribution in [3.05, 3.63) is 41.5 Å². The maximum atomic E-state index is 12.5.